The molecule has 4 heteroatoms. The van der Waals surface area contributed by atoms with Crippen LogP contribution in [0.25, 0.3) is 0 Å². The Labute approximate surface area is 136 Å². The van der Waals surface area contributed by atoms with E-state index >= 15 is 0 Å². The zero-order valence-corrected chi connectivity index (χ0v) is 13.6. The lowest BCUT2D eigenvalue weighted by Gasteiger charge is -2.09. The van der Waals surface area contributed by atoms with Crippen LogP contribution in [0.2, 0.25) is 0 Å². The van der Waals surface area contributed by atoms with Crippen molar-refractivity contribution in [2.45, 2.75) is 26.7 Å². The van der Waals surface area contributed by atoms with Crippen LogP contribution in [0.4, 0.5) is 5.69 Å². The molecule has 23 heavy (non-hydrogen) atoms. The van der Waals surface area contributed by atoms with Crippen molar-refractivity contribution in [2.75, 3.05) is 11.9 Å². The highest BCUT2D eigenvalue weighted by Gasteiger charge is 2.07. The van der Waals surface area contributed by atoms with Gasteiger partial charge in [-0.1, -0.05) is 48.0 Å². The largest absolute Gasteiger partial charge is 0.355 e. The minimum Gasteiger partial charge on any atom is -0.355 e. The van der Waals surface area contributed by atoms with E-state index in [0.29, 0.717) is 13.0 Å². The number of amides is 2. The van der Waals surface area contributed by atoms with Crippen molar-refractivity contribution in [1.29, 1.82) is 0 Å². The van der Waals surface area contributed by atoms with Crippen LogP contribution < -0.4 is 10.6 Å². The van der Waals surface area contributed by atoms with Crippen molar-refractivity contribution in [1.82, 2.24) is 5.32 Å². The molecule has 0 heterocycles. The molecule has 0 aliphatic carbocycles. The molecule has 2 aromatic carbocycles. The van der Waals surface area contributed by atoms with Crippen LogP contribution in [0, 0.1) is 13.8 Å². The van der Waals surface area contributed by atoms with E-state index < -0.39 is 0 Å². The second-order valence-electron chi connectivity index (χ2n) is 5.63. The summed E-state index contributed by atoms with van der Waals surface area (Å²) in [6.45, 7) is 4.31. The minimum atomic E-state index is -0.100. The number of hydrogen-bond donors (Lipinski definition) is 2. The summed E-state index contributed by atoms with van der Waals surface area (Å²) in [6, 6.07) is 15.4. The molecule has 2 aromatic rings. The van der Waals surface area contributed by atoms with Crippen molar-refractivity contribution in [3.8, 4) is 0 Å². The Balaban J connectivity index is 1.73. The summed E-state index contributed by atoms with van der Waals surface area (Å²) in [5, 5.41) is 5.64. The molecule has 0 aromatic heterocycles. The number of rotatable bonds is 6. The smallest absolute Gasteiger partial charge is 0.226 e. The summed E-state index contributed by atoms with van der Waals surface area (Å²) in [6.07, 6.45) is 0.591. The van der Waals surface area contributed by atoms with Crippen LogP contribution in [0.3, 0.4) is 0 Å². The van der Waals surface area contributed by atoms with Crippen LogP contribution in [0.15, 0.2) is 48.5 Å². The average Bonchev–Trinajstić information content (AvgIpc) is 2.51. The van der Waals surface area contributed by atoms with Crippen molar-refractivity contribution < 1.29 is 9.59 Å². The molecule has 0 unspecified atom stereocenters. The Bertz CT molecular complexity index is 681. The fraction of sp³-hybridized carbons (Fsp3) is 0.263. The van der Waals surface area contributed by atoms with Crippen LogP contribution in [0.1, 0.15) is 23.1 Å². The third kappa shape index (κ3) is 5.58. The van der Waals surface area contributed by atoms with Crippen LogP contribution in [-0.4, -0.2) is 18.4 Å². The normalized spacial score (nSPS) is 10.2. The second kappa shape index (κ2) is 8.13. The van der Waals surface area contributed by atoms with Crippen LogP contribution in [0.5, 0.6) is 0 Å². The van der Waals surface area contributed by atoms with E-state index in [0.717, 1.165) is 22.4 Å². The first-order valence-corrected chi connectivity index (χ1v) is 7.72. The molecule has 0 saturated heterocycles. The zero-order chi connectivity index (χ0) is 16.7. The van der Waals surface area contributed by atoms with Crippen molar-refractivity contribution in [2.24, 2.45) is 0 Å². The van der Waals surface area contributed by atoms with Gasteiger partial charge < -0.3 is 10.6 Å². The van der Waals surface area contributed by atoms with Gasteiger partial charge in [0.25, 0.3) is 0 Å². The molecule has 2 rings (SSSR count). The fourth-order valence-corrected chi connectivity index (χ4v) is 2.33. The van der Waals surface area contributed by atoms with Gasteiger partial charge in [0.15, 0.2) is 0 Å². The molecule has 0 bridgehead atoms. The first kappa shape index (κ1) is 16.7. The molecule has 2 amide bonds. The van der Waals surface area contributed by atoms with E-state index in [1.54, 1.807) is 0 Å². The number of carbonyl (C=O) groups is 2. The lowest BCUT2D eigenvalue weighted by atomic mass is 10.1. The predicted octanol–water partition coefficient (Wildman–Crippen LogP) is 2.99. The van der Waals surface area contributed by atoms with Crippen molar-refractivity contribution >= 4 is 17.5 Å². The number of aryl methyl sites for hydroxylation is 2. The van der Waals surface area contributed by atoms with Crippen molar-refractivity contribution in [3.63, 3.8) is 0 Å². The quantitative estimate of drug-likeness (QED) is 0.862. The van der Waals surface area contributed by atoms with Gasteiger partial charge in [-0.3, -0.25) is 9.59 Å². The van der Waals surface area contributed by atoms with E-state index in [-0.39, 0.29) is 18.2 Å². The highest BCUT2D eigenvalue weighted by Crippen LogP contribution is 2.16. The first-order chi connectivity index (χ1) is 11.0. The molecule has 4 nitrogen and oxygen atoms in total. The molecule has 0 aliphatic rings. The van der Waals surface area contributed by atoms with Gasteiger partial charge in [-0.15, -0.1) is 0 Å². The van der Waals surface area contributed by atoms with Gasteiger partial charge in [-0.05, 0) is 31.0 Å². The molecule has 0 spiro atoms. The van der Waals surface area contributed by atoms with E-state index in [1.165, 1.54) is 0 Å². The summed E-state index contributed by atoms with van der Waals surface area (Å²) in [4.78, 5) is 23.7. The van der Waals surface area contributed by atoms with Gasteiger partial charge in [0, 0.05) is 18.7 Å². The molecular weight excluding hydrogens is 288 g/mol. The molecular formula is C19H22N2O2. The maximum Gasteiger partial charge on any atom is 0.226 e. The van der Waals surface area contributed by atoms with Gasteiger partial charge in [0.2, 0.25) is 11.8 Å². The van der Waals surface area contributed by atoms with Gasteiger partial charge in [-0.25, -0.2) is 0 Å². The molecule has 0 aliphatic heterocycles. The number of hydrogen-bond acceptors (Lipinski definition) is 2. The van der Waals surface area contributed by atoms with E-state index in [1.807, 2.05) is 62.4 Å². The Morgan fingerprint density at radius 2 is 1.70 bits per heavy atom. The number of anilines is 1. The van der Waals surface area contributed by atoms with Gasteiger partial charge in [0.05, 0.1) is 6.42 Å². The Morgan fingerprint density at radius 1 is 0.957 bits per heavy atom. The third-order valence-corrected chi connectivity index (χ3v) is 3.54. The number of nitrogens with one attached hydrogen (secondary N) is 2. The van der Waals surface area contributed by atoms with Crippen LogP contribution in [-0.2, 0) is 16.0 Å². The van der Waals surface area contributed by atoms with E-state index in [2.05, 4.69) is 10.6 Å². The topological polar surface area (TPSA) is 58.2 Å². The summed E-state index contributed by atoms with van der Waals surface area (Å²) < 4.78 is 0. The molecule has 0 fully saturated rings. The maximum atomic E-state index is 11.9. The highest BCUT2D eigenvalue weighted by atomic mass is 16.2. The second-order valence-corrected chi connectivity index (χ2v) is 5.63. The Hall–Kier alpha value is -2.62. The first-order valence-electron chi connectivity index (χ1n) is 7.72. The van der Waals surface area contributed by atoms with Gasteiger partial charge in [0.1, 0.15) is 0 Å². The van der Waals surface area contributed by atoms with Gasteiger partial charge in [-0.2, -0.15) is 0 Å². The standard InChI is InChI=1S/C19H22N2O2/c1-14-8-9-17(15(2)12-14)21-18(22)10-11-20-19(23)13-16-6-4-3-5-7-16/h3-9,12H,10-11,13H2,1-2H3,(H,20,23)(H,21,22). The Kier molecular flexibility index (Phi) is 5.92. The summed E-state index contributed by atoms with van der Waals surface area (Å²) in [5.74, 6) is -0.174. The number of carbonyl (C=O) groups excluding carboxylic acids is 2. The zero-order valence-electron chi connectivity index (χ0n) is 13.6. The monoisotopic (exact) mass is 310 g/mol. The fourth-order valence-electron chi connectivity index (χ4n) is 2.33. The van der Waals surface area contributed by atoms with Gasteiger partial charge >= 0.3 is 0 Å². The number of benzene rings is 2. The predicted molar refractivity (Wildman–Crippen MR) is 92.3 cm³/mol. The highest BCUT2D eigenvalue weighted by molar-refractivity contribution is 5.92. The Morgan fingerprint density at radius 3 is 2.39 bits per heavy atom. The van der Waals surface area contributed by atoms with E-state index in [9.17, 15) is 9.59 Å². The average molecular weight is 310 g/mol. The minimum absolute atomic E-state index is 0.0736. The maximum absolute atomic E-state index is 11.9. The molecule has 120 valence electrons. The third-order valence-electron chi connectivity index (χ3n) is 3.54. The lowest BCUT2D eigenvalue weighted by molar-refractivity contribution is -0.120. The summed E-state index contributed by atoms with van der Waals surface area (Å²) in [5.41, 5.74) is 3.97. The molecule has 0 saturated carbocycles. The summed E-state index contributed by atoms with van der Waals surface area (Å²) >= 11 is 0. The molecule has 0 radical (unpaired) electrons. The molecule has 0 atom stereocenters. The SMILES string of the molecule is Cc1ccc(NC(=O)CCNC(=O)Cc2ccccc2)c(C)c1. The summed E-state index contributed by atoms with van der Waals surface area (Å²) in [7, 11) is 0. The van der Waals surface area contributed by atoms with E-state index in [4.69, 9.17) is 0 Å². The van der Waals surface area contributed by atoms with Crippen molar-refractivity contribution in [3.05, 3.63) is 65.2 Å². The molecule has 2 N–H and O–H groups in total. The van der Waals surface area contributed by atoms with Crippen LogP contribution >= 0.6 is 0 Å². The lowest BCUT2D eigenvalue weighted by Crippen LogP contribution is -2.28.